The fourth-order valence-electron chi connectivity index (χ4n) is 9.66. The van der Waals surface area contributed by atoms with Gasteiger partial charge < -0.3 is 9.80 Å². The molecule has 0 heterocycles. The summed E-state index contributed by atoms with van der Waals surface area (Å²) in [4.78, 5) is 5.15. The lowest BCUT2D eigenvalue weighted by Gasteiger charge is -2.43. The van der Waals surface area contributed by atoms with E-state index >= 15 is 0 Å². The molecule has 3 aromatic carbocycles. The lowest BCUT2D eigenvalue weighted by Crippen LogP contribution is -2.43. The van der Waals surface area contributed by atoms with E-state index in [0.29, 0.717) is 11.8 Å². The number of rotatable bonds is 8. The standard InChI is InChI=1S/C60H68N2/c1-58(2,3)51-29-36-54(37-30-51)61(57-23-15-19-47-17-11-12-18-48(42-47)43-57)53-22-14-13-16-45(26-33-53)24-25-46-27-34-55(35-28-46)62(56-38-31-52(32-39-56)59(4,5)6)60(7)41-40-49-20-9-8-10-21-50(49)44-60/h9-12,15-18,20-21,23-41,43,47-48,53H,8,13-14,19,22,42,44H2,1-7H3/b23-15-,25-24+,33-26-,45-16-,57-43+. The highest BCUT2D eigenvalue weighted by Crippen LogP contribution is 2.43. The first-order valence-electron chi connectivity index (χ1n) is 23.3. The quantitative estimate of drug-likeness (QED) is 0.223. The zero-order valence-electron chi connectivity index (χ0n) is 38.4. The maximum atomic E-state index is 2.61. The van der Waals surface area contributed by atoms with Crippen LogP contribution in [0.2, 0.25) is 0 Å². The van der Waals surface area contributed by atoms with Gasteiger partial charge in [0.2, 0.25) is 0 Å². The van der Waals surface area contributed by atoms with Crippen LogP contribution in [-0.2, 0) is 10.8 Å². The van der Waals surface area contributed by atoms with Crippen LogP contribution in [0.1, 0.15) is 110 Å². The molecule has 0 radical (unpaired) electrons. The van der Waals surface area contributed by atoms with Gasteiger partial charge in [0.25, 0.3) is 0 Å². The van der Waals surface area contributed by atoms with Crippen LogP contribution < -0.4 is 9.80 Å². The van der Waals surface area contributed by atoms with Crippen molar-refractivity contribution in [1.82, 2.24) is 0 Å². The Labute approximate surface area is 374 Å². The molecule has 0 N–H and O–H groups in total. The van der Waals surface area contributed by atoms with Crippen molar-refractivity contribution in [2.75, 3.05) is 9.80 Å². The number of allylic oxidation sites excluding steroid dienone is 17. The topological polar surface area (TPSA) is 6.48 Å². The smallest absolute Gasteiger partial charge is 0.0649 e. The number of nitrogens with zero attached hydrogens (tertiary/aromatic N) is 2. The molecule has 0 spiro atoms. The van der Waals surface area contributed by atoms with Gasteiger partial charge >= 0.3 is 0 Å². The summed E-state index contributed by atoms with van der Waals surface area (Å²) in [5.41, 5.74) is 12.8. The average molecular weight is 817 g/mol. The van der Waals surface area contributed by atoms with Gasteiger partial charge in [-0.15, -0.1) is 0 Å². The first kappa shape index (κ1) is 43.1. The molecule has 0 aromatic heterocycles. The molecule has 5 aliphatic carbocycles. The van der Waals surface area contributed by atoms with Crippen LogP contribution in [0.4, 0.5) is 17.1 Å². The van der Waals surface area contributed by atoms with Crippen molar-refractivity contribution < 1.29 is 0 Å². The van der Waals surface area contributed by atoms with Crippen LogP contribution in [0.5, 0.6) is 0 Å². The number of hydrogen-bond donors (Lipinski definition) is 0. The van der Waals surface area contributed by atoms with E-state index in [1.807, 2.05) is 0 Å². The SMILES string of the molecule is CC(C)(C)c1ccc(N(C2=C/C3C=CC=CC(C/C=C\2)C3)C2\C=C/C(/C=C/c3ccc(N(c4ccc(C(C)(C)C)cc4)C4(C)C=CC5=C(C=CCC=C5)C4)cc3)=C\CCC2)cc1. The van der Waals surface area contributed by atoms with E-state index in [-0.39, 0.29) is 22.4 Å². The highest BCUT2D eigenvalue weighted by atomic mass is 15.2. The van der Waals surface area contributed by atoms with Crippen LogP contribution in [0.3, 0.4) is 0 Å². The van der Waals surface area contributed by atoms with E-state index in [1.54, 1.807) is 0 Å². The highest BCUT2D eigenvalue weighted by Gasteiger charge is 2.35. The van der Waals surface area contributed by atoms with Crippen LogP contribution in [0, 0.1) is 11.8 Å². The summed E-state index contributed by atoms with van der Waals surface area (Å²) in [7, 11) is 0. The maximum Gasteiger partial charge on any atom is 0.0649 e. The van der Waals surface area contributed by atoms with E-state index in [9.17, 15) is 0 Å². The third-order valence-corrected chi connectivity index (χ3v) is 13.3. The van der Waals surface area contributed by atoms with E-state index in [2.05, 4.69) is 240 Å². The molecule has 4 atom stereocenters. The summed E-state index contributed by atoms with van der Waals surface area (Å²) in [6.07, 6.45) is 49.7. The Morgan fingerprint density at radius 2 is 1.32 bits per heavy atom. The van der Waals surface area contributed by atoms with Crippen LogP contribution >= 0.6 is 0 Å². The minimum absolute atomic E-state index is 0.0980. The number of fused-ring (bicyclic) bond motifs is 2. The van der Waals surface area contributed by atoms with Gasteiger partial charge in [-0.25, -0.2) is 0 Å². The second-order valence-corrected chi connectivity index (χ2v) is 20.3. The van der Waals surface area contributed by atoms with Crippen LogP contribution in [0.15, 0.2) is 199 Å². The lowest BCUT2D eigenvalue weighted by molar-refractivity contribution is 0.540. The van der Waals surface area contributed by atoms with Gasteiger partial charge in [0.15, 0.2) is 0 Å². The van der Waals surface area contributed by atoms with E-state index in [1.165, 1.54) is 56.2 Å². The Balaban J connectivity index is 1.06. The molecule has 0 saturated carbocycles. The average Bonchev–Trinajstić information content (AvgIpc) is 3.62. The van der Waals surface area contributed by atoms with Crippen molar-refractivity contribution in [1.29, 1.82) is 0 Å². The van der Waals surface area contributed by atoms with Gasteiger partial charge in [0, 0.05) is 22.8 Å². The molecule has 4 unspecified atom stereocenters. The normalized spacial score (nSPS) is 26.5. The largest absolute Gasteiger partial charge is 0.335 e. The molecular formula is C60H68N2. The Morgan fingerprint density at radius 1 is 0.661 bits per heavy atom. The third kappa shape index (κ3) is 10.2. The highest BCUT2D eigenvalue weighted by molar-refractivity contribution is 5.71. The second-order valence-electron chi connectivity index (χ2n) is 20.3. The van der Waals surface area contributed by atoms with E-state index in [0.717, 1.165) is 44.9 Å². The van der Waals surface area contributed by atoms with Gasteiger partial charge in [-0.3, -0.25) is 0 Å². The van der Waals surface area contributed by atoms with Gasteiger partial charge in [-0.2, -0.15) is 0 Å². The first-order chi connectivity index (χ1) is 29.8. The Bertz CT molecular complexity index is 2400. The predicted octanol–water partition coefficient (Wildman–Crippen LogP) is 16.1. The fourth-order valence-corrected chi connectivity index (χ4v) is 9.66. The summed E-state index contributed by atoms with van der Waals surface area (Å²) in [5.74, 6) is 1.00. The number of benzene rings is 3. The van der Waals surface area contributed by atoms with Crippen molar-refractivity contribution in [3.8, 4) is 0 Å². The fraction of sp³-hybridized carbons (Fsp3) is 0.333. The third-order valence-electron chi connectivity index (χ3n) is 13.3. The molecule has 0 fully saturated rings. The lowest BCUT2D eigenvalue weighted by atomic mass is 9.82. The Morgan fingerprint density at radius 3 is 2.03 bits per heavy atom. The summed E-state index contributed by atoms with van der Waals surface area (Å²) in [6.45, 7) is 16.1. The zero-order valence-corrected chi connectivity index (χ0v) is 38.4. The minimum atomic E-state index is -0.233. The molecule has 0 aliphatic heterocycles. The second kappa shape index (κ2) is 18.4. The summed E-state index contributed by atoms with van der Waals surface area (Å²) >= 11 is 0. The molecule has 8 rings (SSSR count). The molecule has 0 saturated heterocycles. The van der Waals surface area contributed by atoms with Crippen LogP contribution in [-0.4, -0.2) is 11.6 Å². The minimum Gasteiger partial charge on any atom is -0.335 e. The molecular weight excluding hydrogens is 749 g/mol. The van der Waals surface area contributed by atoms with Gasteiger partial charge in [-0.1, -0.05) is 181 Å². The Hall–Kier alpha value is -5.60. The van der Waals surface area contributed by atoms with Gasteiger partial charge in [-0.05, 0) is 150 Å². The number of hydrogen-bond acceptors (Lipinski definition) is 2. The van der Waals surface area contributed by atoms with Gasteiger partial charge in [0.1, 0.15) is 0 Å². The summed E-state index contributed by atoms with van der Waals surface area (Å²) in [6, 6.07) is 28.0. The molecule has 2 nitrogen and oxygen atoms in total. The molecule has 0 amide bonds. The first-order valence-corrected chi connectivity index (χ1v) is 23.3. The molecule has 318 valence electrons. The monoisotopic (exact) mass is 817 g/mol. The molecule has 2 bridgehead atoms. The molecule has 5 aliphatic rings. The summed E-state index contributed by atoms with van der Waals surface area (Å²) in [5, 5.41) is 0. The zero-order chi connectivity index (χ0) is 43.3. The Kier molecular flexibility index (Phi) is 12.8. The van der Waals surface area contributed by atoms with Crippen LogP contribution in [0.25, 0.3) is 6.08 Å². The van der Waals surface area contributed by atoms with Crippen molar-refractivity contribution >= 4 is 23.1 Å². The molecule has 2 heteroatoms. The molecule has 62 heavy (non-hydrogen) atoms. The molecule has 3 aromatic rings. The number of anilines is 3. The maximum absolute atomic E-state index is 2.61. The van der Waals surface area contributed by atoms with Crippen molar-refractivity contribution in [2.24, 2.45) is 11.8 Å². The summed E-state index contributed by atoms with van der Waals surface area (Å²) < 4.78 is 0. The van der Waals surface area contributed by atoms with E-state index < -0.39 is 0 Å². The van der Waals surface area contributed by atoms with Crippen molar-refractivity contribution in [2.45, 2.75) is 116 Å². The van der Waals surface area contributed by atoms with Gasteiger partial charge in [0.05, 0.1) is 11.6 Å². The van der Waals surface area contributed by atoms with Crippen molar-refractivity contribution in [3.05, 3.63) is 215 Å². The predicted molar refractivity (Wildman–Crippen MR) is 269 cm³/mol. The van der Waals surface area contributed by atoms with E-state index in [4.69, 9.17) is 0 Å². The van der Waals surface area contributed by atoms with Crippen molar-refractivity contribution in [3.63, 3.8) is 0 Å².